The number of hydrazone groups is 2. The van der Waals surface area contributed by atoms with Gasteiger partial charge in [-0.15, -0.1) is 0 Å². The van der Waals surface area contributed by atoms with Gasteiger partial charge >= 0.3 is 257 Å². The predicted octanol–water partition coefficient (Wildman–Crippen LogP) is 6.95. The molecule has 5 aromatic carbocycles. The fourth-order valence-corrected chi connectivity index (χ4v) is 11.4. The molecule has 0 unspecified atom stereocenters. The Morgan fingerprint density at radius 3 is 1.37 bits per heavy atom. The summed E-state index contributed by atoms with van der Waals surface area (Å²) in [5, 5.41) is 17.6. The maximum absolute atomic E-state index is 5.54. The predicted molar refractivity (Wildman–Crippen MR) is 179 cm³/mol. The Morgan fingerprint density at radius 1 is 0.512 bits per heavy atom. The van der Waals surface area contributed by atoms with Gasteiger partial charge in [0.2, 0.25) is 0 Å². The van der Waals surface area contributed by atoms with Crippen molar-refractivity contribution in [2.45, 2.75) is 0 Å². The molecular weight excluding hydrogens is 657 g/mol. The average Bonchev–Trinajstić information content (AvgIpc) is 3.39. The number of rotatable bonds is 5. The van der Waals surface area contributed by atoms with Crippen molar-refractivity contribution in [3.05, 3.63) is 160 Å². The van der Waals surface area contributed by atoms with Gasteiger partial charge in [0, 0.05) is 0 Å². The molecule has 0 fully saturated rings. The molecule has 0 spiro atoms. The summed E-state index contributed by atoms with van der Waals surface area (Å²) in [5.74, 6) is 0.526. The van der Waals surface area contributed by atoms with Crippen LogP contribution < -0.4 is 21.1 Å². The van der Waals surface area contributed by atoms with Crippen molar-refractivity contribution < 1.29 is 0 Å². The third-order valence-electron chi connectivity index (χ3n) is 7.55. The van der Waals surface area contributed by atoms with Crippen LogP contribution in [0.2, 0.25) is 0 Å². The monoisotopic (exact) mass is 679 g/mol. The molecule has 0 aliphatic carbocycles. The van der Waals surface area contributed by atoms with Crippen LogP contribution in [0.4, 0.5) is 0 Å². The van der Waals surface area contributed by atoms with E-state index in [2.05, 4.69) is 139 Å². The Bertz CT molecular complexity index is 1720. The zero-order valence-electron chi connectivity index (χ0n) is 21.8. The van der Waals surface area contributed by atoms with E-state index in [1.165, 1.54) is 0 Å². The van der Waals surface area contributed by atoms with Crippen LogP contribution in [-0.2, 0) is 0 Å². The molecule has 7 rings (SSSR count). The van der Waals surface area contributed by atoms with Gasteiger partial charge in [0.25, 0.3) is 0 Å². The Labute approximate surface area is 255 Å². The maximum atomic E-state index is 5.54. The molecule has 0 amide bonds. The molecule has 200 valence electrons. The third-order valence-corrected chi connectivity index (χ3v) is 14.0. The quantitative estimate of drug-likeness (QED) is 0.204. The summed E-state index contributed by atoms with van der Waals surface area (Å²) < 4.78 is 4.09. The van der Waals surface area contributed by atoms with Crippen LogP contribution in [-0.4, -0.2) is 22.2 Å². The Kier molecular flexibility index (Phi) is 6.46. The molecule has 1 N–H and O–H groups in total. The molecule has 0 aromatic heterocycles. The van der Waals surface area contributed by atoms with E-state index in [0.717, 1.165) is 47.4 Å². The summed E-state index contributed by atoms with van der Waals surface area (Å²) in [5.41, 5.74) is 3.47. The van der Waals surface area contributed by atoms with E-state index in [1.54, 1.807) is 0 Å². The van der Waals surface area contributed by atoms with Gasteiger partial charge < -0.3 is 0 Å². The molecule has 2 aliphatic heterocycles. The minimum atomic E-state index is -3.76. The molecule has 0 bridgehead atoms. The normalized spacial score (nSPS) is 17.7. The molecule has 41 heavy (non-hydrogen) atoms. The zero-order chi connectivity index (χ0) is 27.9. The van der Waals surface area contributed by atoms with Crippen molar-refractivity contribution in [1.29, 1.82) is 0 Å². The summed E-state index contributed by atoms with van der Waals surface area (Å²) in [7, 11) is 0. The fraction of sp³-hybridized carbons (Fsp3) is 0. The number of guanidine groups is 1. The van der Waals surface area contributed by atoms with Crippen LogP contribution in [0.25, 0.3) is 0 Å². The van der Waals surface area contributed by atoms with Crippen molar-refractivity contribution in [3.8, 4) is 0 Å². The van der Waals surface area contributed by atoms with Gasteiger partial charge in [0.05, 0.1) is 0 Å². The van der Waals surface area contributed by atoms with Gasteiger partial charge in [-0.1, -0.05) is 0 Å². The van der Waals surface area contributed by atoms with Gasteiger partial charge in [-0.2, -0.15) is 0 Å². The molecule has 2 aliphatic rings. The number of fused-ring (bicyclic) bond motifs is 1. The van der Waals surface area contributed by atoms with Gasteiger partial charge in [-0.05, 0) is 0 Å². The first-order chi connectivity index (χ1) is 20.1. The third kappa shape index (κ3) is 3.95. The van der Waals surface area contributed by atoms with E-state index in [-0.39, 0.29) is 0 Å². The van der Waals surface area contributed by atoms with Crippen molar-refractivity contribution >= 4 is 72.1 Å². The molecule has 0 atom stereocenters. The number of hydrogen-bond acceptors (Lipinski definition) is 5. The van der Waals surface area contributed by atoms with E-state index < -0.39 is 6.90 Å². The van der Waals surface area contributed by atoms with Crippen LogP contribution in [0, 0.1) is 0 Å². The number of halogens is 2. The minimum absolute atomic E-state index is 0.526. The second-order valence-electron chi connectivity index (χ2n) is 9.80. The second-order valence-corrected chi connectivity index (χ2v) is 15.9. The molecule has 5 nitrogen and oxygen atoms in total. The van der Waals surface area contributed by atoms with Crippen LogP contribution in [0.5, 0.6) is 0 Å². The SMILES string of the molecule is Brc1ccc(C2=NC3=NNP(c4ccccc4)(c4ccccc4)(c4ccccc4)N3N=C2c2ccc(Br)cc2)cc1. The molecule has 5 aromatic rings. The summed E-state index contributed by atoms with van der Waals surface area (Å²) in [6, 6.07) is 48.0. The van der Waals surface area contributed by atoms with Gasteiger partial charge in [-0.25, -0.2) is 0 Å². The molecule has 2 heterocycles. The van der Waals surface area contributed by atoms with Gasteiger partial charge in [0.15, 0.2) is 0 Å². The first-order valence-electron chi connectivity index (χ1n) is 13.1. The summed E-state index contributed by atoms with van der Waals surface area (Å²) in [4.78, 5) is 5.25. The first kappa shape index (κ1) is 26.0. The van der Waals surface area contributed by atoms with Gasteiger partial charge in [-0.3, -0.25) is 0 Å². The second kappa shape index (κ2) is 10.2. The van der Waals surface area contributed by atoms with Crippen molar-refractivity contribution in [3.63, 3.8) is 0 Å². The average molecular weight is 681 g/mol. The van der Waals surface area contributed by atoms with Crippen LogP contribution >= 0.6 is 38.8 Å². The van der Waals surface area contributed by atoms with Crippen molar-refractivity contribution in [2.75, 3.05) is 0 Å². The number of hydrogen-bond donors (Lipinski definition) is 1. The molecular formula is C33H24Br2N5P. The molecule has 0 saturated carbocycles. The van der Waals surface area contributed by atoms with E-state index in [1.807, 2.05) is 42.5 Å². The first-order valence-corrected chi connectivity index (χ1v) is 16.9. The fourth-order valence-electron chi connectivity index (χ4n) is 5.62. The molecule has 0 saturated heterocycles. The number of nitrogens with zero attached hydrogens (tertiary/aromatic N) is 4. The van der Waals surface area contributed by atoms with Crippen molar-refractivity contribution in [2.24, 2.45) is 15.2 Å². The van der Waals surface area contributed by atoms with Crippen molar-refractivity contribution in [1.82, 2.24) is 9.98 Å². The summed E-state index contributed by atoms with van der Waals surface area (Å²) in [6.45, 7) is -3.76. The van der Waals surface area contributed by atoms with E-state index in [0.29, 0.717) is 5.96 Å². The van der Waals surface area contributed by atoms with Crippen LogP contribution in [0.3, 0.4) is 0 Å². The van der Waals surface area contributed by atoms with E-state index in [4.69, 9.17) is 15.2 Å². The summed E-state index contributed by atoms with van der Waals surface area (Å²) >= 11 is 7.16. The topological polar surface area (TPSA) is 52.4 Å². The number of nitrogens with one attached hydrogen (secondary N) is 1. The molecule has 8 heteroatoms. The Hall–Kier alpha value is -3.90. The van der Waals surface area contributed by atoms with E-state index >= 15 is 0 Å². The van der Waals surface area contributed by atoms with Gasteiger partial charge in [0.1, 0.15) is 0 Å². The summed E-state index contributed by atoms with van der Waals surface area (Å²) in [6.07, 6.45) is 0. The van der Waals surface area contributed by atoms with E-state index in [9.17, 15) is 0 Å². The zero-order valence-corrected chi connectivity index (χ0v) is 25.8. The van der Waals surface area contributed by atoms with Crippen LogP contribution in [0.15, 0.2) is 164 Å². The molecule has 0 radical (unpaired) electrons. The van der Waals surface area contributed by atoms with Crippen LogP contribution in [0.1, 0.15) is 11.1 Å². The Balaban J connectivity index is 1.57. The number of aliphatic imine (C=N–C) groups is 1. The number of benzene rings is 5. The standard InChI is InChI=1S/C33H24Br2N5P/c34-26-20-16-24(17-21-26)31-32(25-18-22-27(35)23-19-25)38-40-33(36-31)37-39-41(40,28-10-4-1-5-11-28,29-12-6-2-7-13-29)30-14-8-3-9-15-30/h1-23,39H. The Morgan fingerprint density at radius 2 is 0.927 bits per heavy atom.